The molecule has 1 heterocycles. The average Bonchev–Trinajstić information content (AvgIpc) is 2.41. The zero-order chi connectivity index (χ0) is 14.5. The fourth-order valence-corrected chi connectivity index (χ4v) is 2.91. The normalized spacial score (nSPS) is 16.7. The molecule has 108 valence electrons. The lowest BCUT2D eigenvalue weighted by molar-refractivity contribution is 0.243. The van der Waals surface area contributed by atoms with Gasteiger partial charge < -0.3 is 10.2 Å². The number of rotatable bonds is 4. The van der Waals surface area contributed by atoms with Crippen LogP contribution in [0, 0.1) is 12.3 Å². The van der Waals surface area contributed by atoms with E-state index in [0.717, 1.165) is 48.9 Å². The minimum absolute atomic E-state index is 0.505. The van der Waals surface area contributed by atoms with Gasteiger partial charge in [-0.25, -0.2) is 0 Å². The number of hydrogen-bond acceptors (Lipinski definition) is 3. The summed E-state index contributed by atoms with van der Waals surface area (Å²) in [6.45, 7) is 2.88. The zero-order valence-corrected chi connectivity index (χ0v) is 13.0. The molecule has 0 unspecified atom stereocenters. The van der Waals surface area contributed by atoms with Crippen molar-refractivity contribution in [3.05, 3.63) is 23.2 Å². The van der Waals surface area contributed by atoms with E-state index in [9.17, 15) is 0 Å². The molecule has 1 fully saturated rings. The van der Waals surface area contributed by atoms with Crippen LogP contribution in [0.3, 0.4) is 0 Å². The molecule has 0 atom stereocenters. The summed E-state index contributed by atoms with van der Waals surface area (Å²) in [7, 11) is 3.99. The van der Waals surface area contributed by atoms with E-state index in [1.807, 2.05) is 25.1 Å². The van der Waals surface area contributed by atoms with E-state index < -0.39 is 0 Å². The Morgan fingerprint density at radius 3 is 2.65 bits per heavy atom. The van der Waals surface area contributed by atoms with Gasteiger partial charge in [0.15, 0.2) is 0 Å². The van der Waals surface area contributed by atoms with E-state index in [4.69, 9.17) is 18.0 Å². The van der Waals surface area contributed by atoms with E-state index in [-0.39, 0.29) is 0 Å². The van der Waals surface area contributed by atoms with E-state index >= 15 is 0 Å². The molecule has 1 aliphatic heterocycles. The second-order valence-electron chi connectivity index (χ2n) is 5.46. The summed E-state index contributed by atoms with van der Waals surface area (Å²) in [5.74, 6) is 2.71. The van der Waals surface area contributed by atoms with Crippen LogP contribution in [0.25, 0.3) is 0 Å². The molecule has 1 saturated heterocycles. The first-order valence-corrected chi connectivity index (χ1v) is 7.37. The van der Waals surface area contributed by atoms with Crippen LogP contribution < -0.4 is 10.2 Å². The first-order valence-electron chi connectivity index (χ1n) is 6.99. The second-order valence-corrected chi connectivity index (χ2v) is 5.87. The molecular weight excluding hydrogens is 270 g/mol. The molecule has 0 amide bonds. The van der Waals surface area contributed by atoms with Gasteiger partial charge in [-0.2, -0.15) is 0 Å². The Labute approximate surface area is 126 Å². The maximum Gasteiger partial charge on any atom is 0.0659 e. The second kappa shape index (κ2) is 6.88. The molecule has 2 rings (SSSR count). The van der Waals surface area contributed by atoms with Crippen molar-refractivity contribution in [3.63, 3.8) is 0 Å². The molecule has 0 aromatic heterocycles. The summed E-state index contributed by atoms with van der Waals surface area (Å²) in [6.07, 6.45) is 7.59. The van der Waals surface area contributed by atoms with Crippen LogP contribution in [-0.2, 0) is 0 Å². The lowest BCUT2D eigenvalue weighted by atomic mass is 10.0. The Morgan fingerprint density at radius 2 is 2.10 bits per heavy atom. The highest BCUT2D eigenvalue weighted by atomic mass is 35.5. The number of anilines is 2. The Morgan fingerprint density at radius 1 is 1.40 bits per heavy atom. The lowest BCUT2D eigenvalue weighted by Gasteiger charge is -2.31. The Kier molecular flexibility index (Phi) is 5.17. The van der Waals surface area contributed by atoms with Gasteiger partial charge in [0.05, 0.1) is 17.3 Å². The number of nitrogens with one attached hydrogen (secondary N) is 1. The van der Waals surface area contributed by atoms with Crippen LogP contribution in [0.2, 0.25) is 5.02 Å². The number of hydrogen-bond donors (Lipinski definition) is 1. The van der Waals surface area contributed by atoms with E-state index in [1.54, 1.807) is 0 Å². The molecule has 20 heavy (non-hydrogen) atoms. The fourth-order valence-electron chi connectivity index (χ4n) is 2.56. The maximum atomic E-state index is 6.29. The molecular formula is C16H22ClN3. The third kappa shape index (κ3) is 3.82. The molecule has 0 spiro atoms. The Bertz CT molecular complexity index is 485. The molecule has 0 bridgehead atoms. The first-order chi connectivity index (χ1) is 9.60. The lowest BCUT2D eigenvalue weighted by Crippen LogP contribution is -2.39. The number of benzene rings is 1. The van der Waals surface area contributed by atoms with Crippen molar-refractivity contribution in [1.82, 2.24) is 4.90 Å². The van der Waals surface area contributed by atoms with Crippen molar-refractivity contribution in [2.75, 3.05) is 43.9 Å². The molecule has 1 aliphatic rings. The third-order valence-electron chi connectivity index (χ3n) is 3.70. The summed E-state index contributed by atoms with van der Waals surface area (Å²) < 4.78 is 0. The number of likely N-dealkylation sites (tertiary alicyclic amines) is 1. The van der Waals surface area contributed by atoms with Gasteiger partial charge >= 0.3 is 0 Å². The van der Waals surface area contributed by atoms with Crippen LogP contribution in [0.15, 0.2) is 18.2 Å². The highest BCUT2D eigenvalue weighted by molar-refractivity contribution is 6.33. The SMILES string of the molecule is C#CCN1CCC(Nc2ccc(N(C)C)c(Cl)c2)CC1. The monoisotopic (exact) mass is 291 g/mol. The van der Waals surface area contributed by atoms with Gasteiger partial charge in [0, 0.05) is 38.9 Å². The van der Waals surface area contributed by atoms with Crippen LogP contribution in [0.5, 0.6) is 0 Å². The summed E-state index contributed by atoms with van der Waals surface area (Å²) in [6, 6.07) is 6.66. The van der Waals surface area contributed by atoms with Crippen LogP contribution in [-0.4, -0.2) is 44.7 Å². The standard InChI is InChI=1S/C16H22ClN3/c1-4-9-20-10-7-13(8-11-20)18-14-5-6-16(19(2)3)15(17)12-14/h1,5-6,12-13,18H,7-11H2,2-3H3. The van der Waals surface area contributed by atoms with Crippen molar-refractivity contribution in [3.8, 4) is 12.3 Å². The highest BCUT2D eigenvalue weighted by Crippen LogP contribution is 2.28. The Balaban J connectivity index is 1.92. The molecule has 1 aromatic carbocycles. The van der Waals surface area contributed by atoms with Crippen LogP contribution >= 0.6 is 11.6 Å². The fraction of sp³-hybridized carbons (Fsp3) is 0.500. The molecule has 0 aliphatic carbocycles. The van der Waals surface area contributed by atoms with Gasteiger partial charge in [-0.15, -0.1) is 6.42 Å². The summed E-state index contributed by atoms with van der Waals surface area (Å²) >= 11 is 6.29. The maximum absolute atomic E-state index is 6.29. The van der Waals surface area contributed by atoms with Gasteiger partial charge in [-0.3, -0.25) is 4.90 Å². The smallest absolute Gasteiger partial charge is 0.0659 e. The van der Waals surface area contributed by atoms with Crippen molar-refractivity contribution in [1.29, 1.82) is 0 Å². The van der Waals surface area contributed by atoms with E-state index in [2.05, 4.69) is 28.3 Å². The van der Waals surface area contributed by atoms with Crippen LogP contribution in [0.1, 0.15) is 12.8 Å². The van der Waals surface area contributed by atoms with Crippen molar-refractivity contribution >= 4 is 23.0 Å². The van der Waals surface area contributed by atoms with Gasteiger partial charge in [-0.05, 0) is 31.0 Å². The quantitative estimate of drug-likeness (QED) is 0.861. The van der Waals surface area contributed by atoms with Crippen molar-refractivity contribution in [2.45, 2.75) is 18.9 Å². The number of halogens is 1. The van der Waals surface area contributed by atoms with Gasteiger partial charge in [-0.1, -0.05) is 17.5 Å². The minimum Gasteiger partial charge on any atom is -0.382 e. The molecule has 0 saturated carbocycles. The van der Waals surface area contributed by atoms with Crippen LogP contribution in [0.4, 0.5) is 11.4 Å². The van der Waals surface area contributed by atoms with Gasteiger partial charge in [0.25, 0.3) is 0 Å². The predicted octanol–water partition coefficient (Wildman–Crippen LogP) is 2.92. The van der Waals surface area contributed by atoms with Crippen molar-refractivity contribution < 1.29 is 0 Å². The number of piperidine rings is 1. The van der Waals surface area contributed by atoms with Gasteiger partial charge in [0.1, 0.15) is 0 Å². The summed E-state index contributed by atoms with van der Waals surface area (Å²) in [5, 5.41) is 4.35. The van der Waals surface area contributed by atoms with E-state index in [0.29, 0.717) is 6.04 Å². The predicted molar refractivity (Wildman–Crippen MR) is 87.7 cm³/mol. The first kappa shape index (κ1) is 15.0. The highest BCUT2D eigenvalue weighted by Gasteiger charge is 2.18. The molecule has 3 nitrogen and oxygen atoms in total. The molecule has 1 aromatic rings. The summed E-state index contributed by atoms with van der Waals surface area (Å²) in [4.78, 5) is 4.34. The third-order valence-corrected chi connectivity index (χ3v) is 4.01. The van der Waals surface area contributed by atoms with Gasteiger partial charge in [0.2, 0.25) is 0 Å². The number of terminal acetylenes is 1. The minimum atomic E-state index is 0.505. The van der Waals surface area contributed by atoms with E-state index in [1.165, 1.54) is 0 Å². The topological polar surface area (TPSA) is 18.5 Å². The molecule has 0 radical (unpaired) electrons. The average molecular weight is 292 g/mol. The molecule has 1 N–H and O–H groups in total. The Hall–Kier alpha value is -1.37. The zero-order valence-electron chi connectivity index (χ0n) is 12.2. The summed E-state index contributed by atoms with van der Waals surface area (Å²) in [5.41, 5.74) is 2.14. The van der Waals surface area contributed by atoms with Crippen molar-refractivity contribution in [2.24, 2.45) is 0 Å². The molecule has 4 heteroatoms. The number of nitrogens with zero attached hydrogens (tertiary/aromatic N) is 2. The largest absolute Gasteiger partial charge is 0.382 e.